The quantitative estimate of drug-likeness (QED) is 0.631. The monoisotopic (exact) mass is 199 g/mol. The van der Waals surface area contributed by atoms with Crippen LogP contribution in [0.3, 0.4) is 0 Å². The van der Waals surface area contributed by atoms with E-state index in [1.807, 2.05) is 0 Å². The molecule has 3 N–H and O–H groups in total. The van der Waals surface area contributed by atoms with Gasteiger partial charge in [-0.2, -0.15) is 0 Å². The molecule has 1 heterocycles. The Bertz CT molecular complexity index is 218. The SMILES string of the molecule is NCC1CN(C(=O)NC2CC2)CCO1. The van der Waals surface area contributed by atoms with E-state index in [4.69, 9.17) is 10.5 Å². The molecule has 0 bridgehead atoms. The average Bonchev–Trinajstić information content (AvgIpc) is 3.02. The Morgan fingerprint density at radius 3 is 3.00 bits per heavy atom. The van der Waals surface area contributed by atoms with Crippen LogP contribution >= 0.6 is 0 Å². The van der Waals surface area contributed by atoms with Gasteiger partial charge >= 0.3 is 6.03 Å². The van der Waals surface area contributed by atoms with Crippen LogP contribution in [0.5, 0.6) is 0 Å². The van der Waals surface area contributed by atoms with E-state index in [-0.39, 0.29) is 12.1 Å². The zero-order chi connectivity index (χ0) is 9.97. The molecule has 2 amide bonds. The lowest BCUT2D eigenvalue weighted by atomic mass is 10.3. The lowest BCUT2D eigenvalue weighted by Gasteiger charge is -2.32. The Kier molecular flexibility index (Phi) is 2.88. The number of nitrogens with one attached hydrogen (secondary N) is 1. The number of amides is 2. The Balaban J connectivity index is 1.79. The summed E-state index contributed by atoms with van der Waals surface area (Å²) in [4.78, 5) is 13.4. The average molecular weight is 199 g/mol. The number of rotatable bonds is 2. The molecule has 1 aliphatic heterocycles. The van der Waals surface area contributed by atoms with Gasteiger partial charge in [-0.3, -0.25) is 0 Å². The van der Waals surface area contributed by atoms with Crippen molar-refractivity contribution in [2.75, 3.05) is 26.2 Å². The number of urea groups is 1. The van der Waals surface area contributed by atoms with Crippen LogP contribution in [0.15, 0.2) is 0 Å². The van der Waals surface area contributed by atoms with Gasteiger partial charge in [-0.1, -0.05) is 0 Å². The molecule has 2 rings (SSSR count). The van der Waals surface area contributed by atoms with Gasteiger partial charge in [-0.05, 0) is 12.8 Å². The summed E-state index contributed by atoms with van der Waals surface area (Å²) in [6, 6.07) is 0.455. The van der Waals surface area contributed by atoms with Crippen LogP contribution in [0, 0.1) is 0 Å². The topological polar surface area (TPSA) is 67.6 Å². The predicted octanol–water partition coefficient (Wildman–Crippen LogP) is -0.482. The third-order valence-corrected chi connectivity index (χ3v) is 2.59. The van der Waals surface area contributed by atoms with Gasteiger partial charge in [0.15, 0.2) is 0 Å². The largest absolute Gasteiger partial charge is 0.373 e. The van der Waals surface area contributed by atoms with Crippen molar-refractivity contribution in [2.45, 2.75) is 25.0 Å². The van der Waals surface area contributed by atoms with E-state index >= 15 is 0 Å². The third-order valence-electron chi connectivity index (χ3n) is 2.59. The Labute approximate surface area is 83.6 Å². The summed E-state index contributed by atoms with van der Waals surface area (Å²) in [7, 11) is 0. The molecule has 14 heavy (non-hydrogen) atoms. The zero-order valence-corrected chi connectivity index (χ0v) is 8.24. The van der Waals surface area contributed by atoms with Crippen LogP contribution < -0.4 is 11.1 Å². The van der Waals surface area contributed by atoms with Crippen LogP contribution in [0.4, 0.5) is 4.79 Å². The van der Waals surface area contributed by atoms with Gasteiger partial charge in [0.1, 0.15) is 0 Å². The number of hydrogen-bond acceptors (Lipinski definition) is 3. The molecular weight excluding hydrogens is 182 g/mol. The van der Waals surface area contributed by atoms with Gasteiger partial charge in [0.2, 0.25) is 0 Å². The lowest BCUT2D eigenvalue weighted by Crippen LogP contribution is -2.51. The summed E-state index contributed by atoms with van der Waals surface area (Å²) < 4.78 is 5.38. The molecule has 0 aromatic rings. The van der Waals surface area contributed by atoms with Crippen molar-refractivity contribution in [3.05, 3.63) is 0 Å². The van der Waals surface area contributed by atoms with Gasteiger partial charge in [0, 0.05) is 25.7 Å². The number of morpholine rings is 1. The van der Waals surface area contributed by atoms with E-state index in [0.29, 0.717) is 32.3 Å². The van der Waals surface area contributed by atoms with Crippen LogP contribution in [0.1, 0.15) is 12.8 Å². The van der Waals surface area contributed by atoms with Crippen molar-refractivity contribution < 1.29 is 9.53 Å². The number of ether oxygens (including phenoxy) is 1. The standard InChI is InChI=1S/C9H17N3O2/c10-5-8-6-12(3-4-14-8)9(13)11-7-1-2-7/h7-8H,1-6,10H2,(H,11,13). The van der Waals surface area contributed by atoms with E-state index in [0.717, 1.165) is 12.8 Å². The maximum atomic E-state index is 11.6. The maximum absolute atomic E-state index is 11.6. The molecule has 5 nitrogen and oxygen atoms in total. The van der Waals surface area contributed by atoms with E-state index in [1.165, 1.54) is 0 Å². The predicted molar refractivity (Wildman–Crippen MR) is 51.9 cm³/mol. The van der Waals surface area contributed by atoms with Crippen LogP contribution in [0.2, 0.25) is 0 Å². The molecule has 1 saturated heterocycles. The first-order chi connectivity index (χ1) is 6.79. The third kappa shape index (κ3) is 2.36. The van der Waals surface area contributed by atoms with Crippen molar-refractivity contribution in [2.24, 2.45) is 5.73 Å². The van der Waals surface area contributed by atoms with E-state index < -0.39 is 0 Å². The second-order valence-corrected chi connectivity index (χ2v) is 3.90. The molecule has 1 unspecified atom stereocenters. The minimum atomic E-state index is 0.00806. The summed E-state index contributed by atoms with van der Waals surface area (Å²) in [6.07, 6.45) is 2.25. The molecule has 2 aliphatic rings. The molecule has 0 spiro atoms. The van der Waals surface area contributed by atoms with Crippen molar-refractivity contribution in [3.63, 3.8) is 0 Å². The number of nitrogens with two attached hydrogens (primary N) is 1. The zero-order valence-electron chi connectivity index (χ0n) is 8.24. The van der Waals surface area contributed by atoms with Gasteiger partial charge in [-0.25, -0.2) is 4.79 Å². The highest BCUT2D eigenvalue weighted by atomic mass is 16.5. The summed E-state index contributed by atoms with van der Waals surface area (Å²) in [5, 5.41) is 2.96. The second kappa shape index (κ2) is 4.14. The van der Waals surface area contributed by atoms with Gasteiger partial charge < -0.3 is 20.7 Å². The molecule has 0 aromatic heterocycles. The molecule has 0 radical (unpaired) electrons. The first-order valence-corrected chi connectivity index (χ1v) is 5.16. The first-order valence-electron chi connectivity index (χ1n) is 5.16. The van der Waals surface area contributed by atoms with E-state index in [1.54, 1.807) is 4.90 Å². The van der Waals surface area contributed by atoms with Crippen molar-refractivity contribution in [1.82, 2.24) is 10.2 Å². The highest BCUT2D eigenvalue weighted by molar-refractivity contribution is 5.75. The number of nitrogens with zero attached hydrogens (tertiary/aromatic N) is 1. The summed E-state index contributed by atoms with van der Waals surface area (Å²) in [6.45, 7) is 2.37. The number of hydrogen-bond donors (Lipinski definition) is 2. The van der Waals surface area contributed by atoms with Crippen molar-refractivity contribution in [1.29, 1.82) is 0 Å². The fourth-order valence-electron chi connectivity index (χ4n) is 1.54. The molecule has 1 saturated carbocycles. The molecule has 80 valence electrons. The Morgan fingerprint density at radius 2 is 2.36 bits per heavy atom. The first kappa shape index (κ1) is 9.73. The lowest BCUT2D eigenvalue weighted by molar-refractivity contribution is -0.00864. The van der Waals surface area contributed by atoms with Gasteiger partial charge in [0.25, 0.3) is 0 Å². The van der Waals surface area contributed by atoms with Crippen LogP contribution in [0.25, 0.3) is 0 Å². The minimum Gasteiger partial charge on any atom is -0.373 e. The Morgan fingerprint density at radius 1 is 1.57 bits per heavy atom. The molecule has 1 aliphatic carbocycles. The van der Waals surface area contributed by atoms with Crippen LogP contribution in [-0.4, -0.2) is 49.3 Å². The fraction of sp³-hybridized carbons (Fsp3) is 0.889. The molecule has 1 atom stereocenters. The van der Waals surface area contributed by atoms with Gasteiger partial charge in [-0.15, -0.1) is 0 Å². The number of carbonyl (C=O) groups excluding carboxylic acids is 1. The van der Waals surface area contributed by atoms with Gasteiger partial charge in [0.05, 0.1) is 12.7 Å². The molecule has 5 heteroatoms. The molecule has 2 fully saturated rings. The summed E-state index contributed by atoms with van der Waals surface area (Å²) in [5.74, 6) is 0. The van der Waals surface area contributed by atoms with Crippen LogP contribution in [-0.2, 0) is 4.74 Å². The molecule has 0 aromatic carbocycles. The smallest absolute Gasteiger partial charge is 0.317 e. The van der Waals surface area contributed by atoms with E-state index in [2.05, 4.69) is 5.32 Å². The fourth-order valence-corrected chi connectivity index (χ4v) is 1.54. The summed E-state index contributed by atoms with van der Waals surface area (Å²) in [5.41, 5.74) is 5.50. The van der Waals surface area contributed by atoms with E-state index in [9.17, 15) is 4.79 Å². The maximum Gasteiger partial charge on any atom is 0.317 e. The Hall–Kier alpha value is -0.810. The van der Waals surface area contributed by atoms with Crippen molar-refractivity contribution >= 4 is 6.03 Å². The highest BCUT2D eigenvalue weighted by Crippen LogP contribution is 2.19. The minimum absolute atomic E-state index is 0.00806. The highest BCUT2D eigenvalue weighted by Gasteiger charge is 2.28. The second-order valence-electron chi connectivity index (χ2n) is 3.90. The van der Waals surface area contributed by atoms with Crippen molar-refractivity contribution in [3.8, 4) is 0 Å². The number of carbonyl (C=O) groups is 1. The summed E-state index contributed by atoms with van der Waals surface area (Å²) >= 11 is 0. The molecular formula is C9H17N3O2. The normalized spacial score (nSPS) is 27.5.